The van der Waals surface area contributed by atoms with Crippen molar-refractivity contribution in [2.24, 2.45) is 0 Å². The molecule has 1 aliphatic heterocycles. The quantitative estimate of drug-likeness (QED) is 0.912. The number of carbonyl (C=O) groups is 2. The van der Waals surface area contributed by atoms with Gasteiger partial charge in [0, 0.05) is 18.0 Å². The minimum atomic E-state index is -3.09. The number of pyridine rings is 1. The number of nitrogens with one attached hydrogen (secondary N) is 1. The van der Waals surface area contributed by atoms with Gasteiger partial charge in [-0.3, -0.25) is 14.6 Å². The van der Waals surface area contributed by atoms with Crippen LogP contribution >= 0.6 is 0 Å². The number of rotatable bonds is 3. The maximum atomic E-state index is 13.3. The Kier molecular flexibility index (Phi) is 3.89. The van der Waals surface area contributed by atoms with Crippen LogP contribution in [0.25, 0.3) is 11.0 Å². The number of furan rings is 1. The van der Waals surface area contributed by atoms with E-state index < -0.39 is 43.3 Å². The molecule has 7 nitrogen and oxygen atoms in total. The maximum Gasteiger partial charge on any atom is 0.287 e. The molecular formula is C15H12F2N4O3. The first-order chi connectivity index (χ1) is 11.4. The summed E-state index contributed by atoms with van der Waals surface area (Å²) in [6, 6.07) is 3.62. The Morgan fingerprint density at radius 2 is 2.33 bits per heavy atom. The van der Waals surface area contributed by atoms with E-state index in [2.05, 4.69) is 10.3 Å². The SMILES string of the molecule is N#C[C@@H]1CC(F)(F)CN1C(=O)CNC(=O)c1cc2ccncc2o1. The molecule has 3 heterocycles. The fourth-order valence-electron chi connectivity index (χ4n) is 2.54. The highest BCUT2D eigenvalue weighted by molar-refractivity contribution is 5.97. The van der Waals surface area contributed by atoms with Crippen molar-refractivity contribution in [1.82, 2.24) is 15.2 Å². The average molecular weight is 334 g/mol. The highest BCUT2D eigenvalue weighted by Crippen LogP contribution is 2.31. The number of likely N-dealkylation sites (tertiary alicyclic amines) is 1. The normalized spacial score (nSPS) is 19.2. The largest absolute Gasteiger partial charge is 0.449 e. The Morgan fingerprint density at radius 3 is 3.04 bits per heavy atom. The van der Waals surface area contributed by atoms with Crippen molar-refractivity contribution in [3.63, 3.8) is 0 Å². The van der Waals surface area contributed by atoms with Crippen LogP contribution in [-0.2, 0) is 4.79 Å². The van der Waals surface area contributed by atoms with E-state index in [1.54, 1.807) is 18.3 Å². The summed E-state index contributed by atoms with van der Waals surface area (Å²) >= 11 is 0. The van der Waals surface area contributed by atoms with Crippen molar-refractivity contribution in [2.75, 3.05) is 13.1 Å². The van der Waals surface area contributed by atoms with Crippen LogP contribution in [0.15, 0.2) is 28.9 Å². The van der Waals surface area contributed by atoms with Gasteiger partial charge in [0.1, 0.15) is 6.04 Å². The van der Waals surface area contributed by atoms with Gasteiger partial charge in [-0.25, -0.2) is 8.78 Å². The predicted molar refractivity (Wildman–Crippen MR) is 77.0 cm³/mol. The lowest BCUT2D eigenvalue weighted by molar-refractivity contribution is -0.131. The van der Waals surface area contributed by atoms with Gasteiger partial charge >= 0.3 is 0 Å². The van der Waals surface area contributed by atoms with Gasteiger partial charge in [0.2, 0.25) is 5.91 Å². The molecule has 2 amide bonds. The summed E-state index contributed by atoms with van der Waals surface area (Å²) in [6.45, 7) is -1.32. The number of hydrogen-bond acceptors (Lipinski definition) is 5. The van der Waals surface area contributed by atoms with Gasteiger partial charge in [0.15, 0.2) is 11.3 Å². The molecule has 1 atom stereocenters. The molecule has 1 aliphatic rings. The number of nitrogens with zero attached hydrogens (tertiary/aromatic N) is 3. The second-order valence-corrected chi connectivity index (χ2v) is 5.43. The number of hydrogen-bond donors (Lipinski definition) is 1. The number of amides is 2. The smallest absolute Gasteiger partial charge is 0.287 e. The first-order valence-corrected chi connectivity index (χ1v) is 7.08. The van der Waals surface area contributed by atoms with E-state index in [1.165, 1.54) is 12.3 Å². The van der Waals surface area contributed by atoms with E-state index in [4.69, 9.17) is 9.68 Å². The highest BCUT2D eigenvalue weighted by atomic mass is 19.3. The minimum Gasteiger partial charge on any atom is -0.449 e. The molecule has 9 heteroatoms. The van der Waals surface area contributed by atoms with Crippen LogP contribution in [0.3, 0.4) is 0 Å². The number of nitriles is 1. The van der Waals surface area contributed by atoms with Crippen molar-refractivity contribution >= 4 is 22.8 Å². The molecular weight excluding hydrogens is 322 g/mol. The van der Waals surface area contributed by atoms with Gasteiger partial charge in [-0.2, -0.15) is 5.26 Å². The molecule has 3 rings (SSSR count). The molecule has 0 spiro atoms. The van der Waals surface area contributed by atoms with Gasteiger partial charge in [-0.1, -0.05) is 0 Å². The van der Waals surface area contributed by atoms with Crippen LogP contribution < -0.4 is 5.32 Å². The van der Waals surface area contributed by atoms with Crippen molar-refractivity contribution in [2.45, 2.75) is 18.4 Å². The molecule has 0 unspecified atom stereocenters. The molecule has 24 heavy (non-hydrogen) atoms. The van der Waals surface area contributed by atoms with E-state index in [1.807, 2.05) is 0 Å². The Morgan fingerprint density at radius 1 is 1.54 bits per heavy atom. The van der Waals surface area contributed by atoms with Crippen molar-refractivity contribution < 1.29 is 22.8 Å². The number of carbonyl (C=O) groups excluding carboxylic acids is 2. The summed E-state index contributed by atoms with van der Waals surface area (Å²) in [5.41, 5.74) is 0.415. The molecule has 1 N–H and O–H groups in total. The number of alkyl halides is 2. The number of halogens is 2. The molecule has 124 valence electrons. The zero-order chi connectivity index (χ0) is 17.3. The monoisotopic (exact) mass is 334 g/mol. The minimum absolute atomic E-state index is 0.0191. The number of fused-ring (bicyclic) bond motifs is 1. The number of aromatic nitrogens is 1. The summed E-state index contributed by atoms with van der Waals surface area (Å²) < 4.78 is 31.9. The van der Waals surface area contributed by atoms with Crippen LogP contribution in [0.1, 0.15) is 17.0 Å². The average Bonchev–Trinajstić information content (AvgIpc) is 3.12. The summed E-state index contributed by atoms with van der Waals surface area (Å²) in [7, 11) is 0. The molecule has 0 saturated carbocycles. The molecule has 1 fully saturated rings. The molecule has 0 radical (unpaired) electrons. The Labute approximate surface area is 134 Å². The van der Waals surface area contributed by atoms with E-state index in [9.17, 15) is 18.4 Å². The van der Waals surface area contributed by atoms with Gasteiger partial charge in [0.05, 0.1) is 25.4 Å². The van der Waals surface area contributed by atoms with E-state index >= 15 is 0 Å². The third-order valence-corrected chi connectivity index (χ3v) is 3.69. The van der Waals surface area contributed by atoms with Crippen molar-refractivity contribution in [3.05, 3.63) is 30.3 Å². The fourth-order valence-corrected chi connectivity index (χ4v) is 2.54. The predicted octanol–water partition coefficient (Wildman–Crippen LogP) is 1.32. The van der Waals surface area contributed by atoms with Crippen molar-refractivity contribution in [3.8, 4) is 6.07 Å². The Hall–Kier alpha value is -3.02. The zero-order valence-electron chi connectivity index (χ0n) is 12.3. The lowest BCUT2D eigenvalue weighted by atomic mass is 10.2. The van der Waals surface area contributed by atoms with Crippen LogP contribution in [0.4, 0.5) is 8.78 Å². The van der Waals surface area contributed by atoms with Crippen LogP contribution in [0.2, 0.25) is 0 Å². The maximum absolute atomic E-state index is 13.3. The lowest BCUT2D eigenvalue weighted by Gasteiger charge is -2.19. The summed E-state index contributed by atoms with van der Waals surface area (Å²) in [4.78, 5) is 28.6. The van der Waals surface area contributed by atoms with Crippen molar-refractivity contribution in [1.29, 1.82) is 5.26 Å². The fraction of sp³-hybridized carbons (Fsp3) is 0.333. The zero-order valence-corrected chi connectivity index (χ0v) is 12.3. The van der Waals surface area contributed by atoms with Gasteiger partial charge in [0.25, 0.3) is 11.8 Å². The Balaban J connectivity index is 1.63. The first kappa shape index (κ1) is 15.9. The van der Waals surface area contributed by atoms with Crippen LogP contribution in [-0.4, -0.2) is 46.8 Å². The summed E-state index contributed by atoms with van der Waals surface area (Å²) in [5, 5.41) is 11.8. The molecule has 0 aromatic carbocycles. The van der Waals surface area contributed by atoms with Gasteiger partial charge in [-0.05, 0) is 12.1 Å². The Bertz CT molecular complexity index is 810. The van der Waals surface area contributed by atoms with Crippen LogP contribution in [0, 0.1) is 11.3 Å². The molecule has 2 aromatic heterocycles. The molecule has 0 aliphatic carbocycles. The first-order valence-electron chi connectivity index (χ1n) is 7.08. The molecule has 1 saturated heterocycles. The topological polar surface area (TPSA) is 99.2 Å². The van der Waals surface area contributed by atoms with Crippen LogP contribution in [0.5, 0.6) is 0 Å². The third-order valence-electron chi connectivity index (χ3n) is 3.69. The second-order valence-electron chi connectivity index (χ2n) is 5.43. The van der Waals surface area contributed by atoms with Gasteiger partial charge < -0.3 is 14.6 Å². The van der Waals surface area contributed by atoms with E-state index in [0.717, 1.165) is 4.90 Å². The molecule has 0 bridgehead atoms. The summed E-state index contributed by atoms with van der Waals surface area (Å²) in [5.74, 6) is -4.51. The van der Waals surface area contributed by atoms with Gasteiger partial charge in [-0.15, -0.1) is 0 Å². The molecule has 2 aromatic rings. The summed E-state index contributed by atoms with van der Waals surface area (Å²) in [6.07, 6.45) is 2.29. The third kappa shape index (κ3) is 3.03. The lowest BCUT2D eigenvalue weighted by Crippen LogP contribution is -2.42. The standard InChI is InChI=1S/C15H12F2N4O3/c16-15(17)4-10(5-18)21(8-15)13(22)7-20-14(23)11-3-9-1-2-19-6-12(9)24-11/h1-3,6,10H,4,7-8H2,(H,20,23)/t10-/m0/s1. The second kappa shape index (κ2) is 5.88. The highest BCUT2D eigenvalue weighted by Gasteiger charge is 2.47. The van der Waals surface area contributed by atoms with E-state index in [0.29, 0.717) is 11.0 Å². The van der Waals surface area contributed by atoms with E-state index in [-0.39, 0.29) is 5.76 Å².